The zero-order chi connectivity index (χ0) is 20.2. The van der Waals surface area contributed by atoms with Crippen molar-refractivity contribution in [2.45, 2.75) is 6.92 Å². The molecule has 2 amide bonds. The van der Waals surface area contributed by atoms with Crippen LogP contribution in [0.4, 0.5) is 10.8 Å². The fraction of sp³-hybridized carbons (Fsp3) is 0.0455. The molecule has 0 saturated carbocycles. The number of carbonyl (C=O) groups is 2. The second-order valence-electron chi connectivity index (χ2n) is 6.28. The van der Waals surface area contributed by atoms with Gasteiger partial charge in [0, 0.05) is 24.2 Å². The summed E-state index contributed by atoms with van der Waals surface area (Å²) in [5.74, 6) is 1.04. The van der Waals surface area contributed by atoms with Crippen LogP contribution < -0.4 is 15.4 Å². The number of hydrogen-bond acceptors (Lipinski definition) is 5. The summed E-state index contributed by atoms with van der Waals surface area (Å²) >= 11 is 1.38. The third kappa shape index (κ3) is 4.59. The first kappa shape index (κ1) is 18.6. The van der Waals surface area contributed by atoms with Gasteiger partial charge in [0.2, 0.25) is 5.91 Å². The zero-order valence-corrected chi connectivity index (χ0v) is 16.3. The number of ether oxygens (including phenoxy) is 1. The third-order valence-electron chi connectivity index (χ3n) is 4.03. The number of anilines is 2. The molecule has 0 unspecified atom stereocenters. The van der Waals surface area contributed by atoms with Gasteiger partial charge in [0.05, 0.1) is 10.2 Å². The van der Waals surface area contributed by atoms with E-state index in [0.29, 0.717) is 22.1 Å². The number of nitrogens with zero attached hydrogens (tertiary/aromatic N) is 1. The summed E-state index contributed by atoms with van der Waals surface area (Å²) in [6.07, 6.45) is 0. The van der Waals surface area contributed by atoms with Gasteiger partial charge in [-0.25, -0.2) is 4.98 Å². The highest BCUT2D eigenvalue weighted by Gasteiger charge is 2.11. The van der Waals surface area contributed by atoms with Crippen molar-refractivity contribution in [1.29, 1.82) is 0 Å². The van der Waals surface area contributed by atoms with Crippen LogP contribution >= 0.6 is 11.3 Å². The van der Waals surface area contributed by atoms with Crippen LogP contribution in [0.2, 0.25) is 0 Å². The molecular formula is C22H17N3O3S. The third-order valence-corrected chi connectivity index (χ3v) is 4.96. The van der Waals surface area contributed by atoms with Crippen molar-refractivity contribution in [1.82, 2.24) is 4.98 Å². The van der Waals surface area contributed by atoms with Crippen molar-refractivity contribution in [2.75, 3.05) is 10.6 Å². The fourth-order valence-corrected chi connectivity index (χ4v) is 3.61. The summed E-state index contributed by atoms with van der Waals surface area (Å²) in [6, 6.07) is 21.8. The normalized spacial score (nSPS) is 10.5. The Morgan fingerprint density at radius 3 is 2.38 bits per heavy atom. The van der Waals surface area contributed by atoms with Crippen LogP contribution in [0.25, 0.3) is 10.2 Å². The van der Waals surface area contributed by atoms with Gasteiger partial charge in [-0.2, -0.15) is 0 Å². The lowest BCUT2D eigenvalue weighted by Crippen LogP contribution is -2.12. The first-order chi connectivity index (χ1) is 14.1. The lowest BCUT2D eigenvalue weighted by Gasteiger charge is -2.04. The van der Waals surface area contributed by atoms with Gasteiger partial charge in [-0.05, 0) is 48.5 Å². The van der Waals surface area contributed by atoms with E-state index in [0.717, 1.165) is 16.0 Å². The molecule has 6 nitrogen and oxygen atoms in total. The number of rotatable bonds is 5. The number of hydrogen-bond donors (Lipinski definition) is 2. The Bertz CT molecular complexity index is 1170. The van der Waals surface area contributed by atoms with Crippen LogP contribution in [0.5, 0.6) is 11.5 Å². The molecule has 2 N–H and O–H groups in total. The molecule has 1 aromatic heterocycles. The number of aromatic nitrogens is 1. The number of thiazole rings is 1. The lowest BCUT2D eigenvalue weighted by atomic mass is 10.2. The molecule has 4 aromatic rings. The highest BCUT2D eigenvalue weighted by molar-refractivity contribution is 7.22. The van der Waals surface area contributed by atoms with E-state index in [9.17, 15) is 9.59 Å². The predicted molar refractivity (Wildman–Crippen MR) is 115 cm³/mol. The van der Waals surface area contributed by atoms with Gasteiger partial charge in [-0.15, -0.1) is 0 Å². The monoisotopic (exact) mass is 403 g/mol. The molecular weight excluding hydrogens is 386 g/mol. The van der Waals surface area contributed by atoms with Gasteiger partial charge in [-0.3, -0.25) is 14.9 Å². The van der Waals surface area contributed by atoms with Crippen LogP contribution in [0.15, 0.2) is 72.8 Å². The first-order valence-corrected chi connectivity index (χ1v) is 9.71. The van der Waals surface area contributed by atoms with Crippen LogP contribution in [0.1, 0.15) is 17.3 Å². The van der Waals surface area contributed by atoms with E-state index in [4.69, 9.17) is 4.74 Å². The molecule has 7 heteroatoms. The Balaban J connectivity index is 1.47. The second kappa shape index (κ2) is 8.12. The average Bonchev–Trinajstić information content (AvgIpc) is 3.10. The van der Waals surface area contributed by atoms with E-state index in [1.54, 1.807) is 24.3 Å². The molecule has 0 atom stereocenters. The van der Waals surface area contributed by atoms with Crippen LogP contribution in [-0.4, -0.2) is 16.8 Å². The Labute approximate surface area is 171 Å². The van der Waals surface area contributed by atoms with Crippen LogP contribution in [-0.2, 0) is 4.79 Å². The van der Waals surface area contributed by atoms with E-state index >= 15 is 0 Å². The number of amides is 2. The maximum absolute atomic E-state index is 12.5. The molecule has 29 heavy (non-hydrogen) atoms. The van der Waals surface area contributed by atoms with Gasteiger partial charge in [-0.1, -0.05) is 29.5 Å². The highest BCUT2D eigenvalue weighted by atomic mass is 32.1. The molecule has 3 aromatic carbocycles. The van der Waals surface area contributed by atoms with Crippen molar-refractivity contribution in [3.05, 3.63) is 78.4 Å². The maximum atomic E-state index is 12.5. The largest absolute Gasteiger partial charge is 0.457 e. The van der Waals surface area contributed by atoms with E-state index in [2.05, 4.69) is 15.6 Å². The van der Waals surface area contributed by atoms with Gasteiger partial charge in [0.25, 0.3) is 5.91 Å². The van der Waals surface area contributed by atoms with E-state index in [1.807, 2.05) is 48.5 Å². The molecule has 4 rings (SSSR count). The standard InChI is InChI=1S/C22H17N3O3S/c1-14(26)23-16-9-7-15(8-10-16)21(27)25-22-24-19-12-11-18(13-20(19)29-22)28-17-5-3-2-4-6-17/h2-13H,1H3,(H,23,26)(H,24,25,27). The molecule has 0 aliphatic rings. The summed E-state index contributed by atoms with van der Waals surface area (Å²) < 4.78 is 6.76. The van der Waals surface area contributed by atoms with Crippen molar-refractivity contribution in [3.8, 4) is 11.5 Å². The molecule has 0 radical (unpaired) electrons. The summed E-state index contributed by atoms with van der Waals surface area (Å²) in [5.41, 5.74) is 1.90. The quantitative estimate of drug-likeness (QED) is 0.474. The van der Waals surface area contributed by atoms with Crippen LogP contribution in [0, 0.1) is 0 Å². The van der Waals surface area contributed by atoms with E-state index in [1.165, 1.54) is 18.3 Å². The molecule has 0 aliphatic heterocycles. The van der Waals surface area contributed by atoms with Gasteiger partial charge in [0.15, 0.2) is 5.13 Å². The van der Waals surface area contributed by atoms with E-state index in [-0.39, 0.29) is 11.8 Å². The molecule has 144 valence electrons. The zero-order valence-electron chi connectivity index (χ0n) is 15.5. The van der Waals surface area contributed by atoms with Gasteiger partial charge >= 0.3 is 0 Å². The number of carbonyl (C=O) groups excluding carboxylic acids is 2. The van der Waals surface area contributed by atoms with E-state index < -0.39 is 0 Å². The SMILES string of the molecule is CC(=O)Nc1ccc(C(=O)Nc2nc3ccc(Oc4ccccc4)cc3s2)cc1. The minimum Gasteiger partial charge on any atom is -0.457 e. The average molecular weight is 403 g/mol. The highest BCUT2D eigenvalue weighted by Crippen LogP contribution is 2.31. The number of nitrogens with one attached hydrogen (secondary N) is 2. The second-order valence-corrected chi connectivity index (χ2v) is 7.31. The Morgan fingerprint density at radius 1 is 0.897 bits per heavy atom. The van der Waals surface area contributed by atoms with Crippen molar-refractivity contribution in [2.24, 2.45) is 0 Å². The lowest BCUT2D eigenvalue weighted by molar-refractivity contribution is -0.114. The summed E-state index contributed by atoms with van der Waals surface area (Å²) in [5, 5.41) is 5.99. The molecule has 1 heterocycles. The number of para-hydroxylation sites is 1. The first-order valence-electron chi connectivity index (χ1n) is 8.89. The topological polar surface area (TPSA) is 80.3 Å². The van der Waals surface area contributed by atoms with Crippen molar-refractivity contribution in [3.63, 3.8) is 0 Å². The van der Waals surface area contributed by atoms with Gasteiger partial charge < -0.3 is 10.1 Å². The summed E-state index contributed by atoms with van der Waals surface area (Å²) in [4.78, 5) is 28.0. The number of fused-ring (bicyclic) bond motifs is 1. The predicted octanol–water partition coefficient (Wildman–Crippen LogP) is 5.30. The molecule has 0 aliphatic carbocycles. The van der Waals surface area contributed by atoms with Crippen molar-refractivity contribution < 1.29 is 14.3 Å². The maximum Gasteiger partial charge on any atom is 0.257 e. The Kier molecular flexibility index (Phi) is 5.22. The molecule has 0 fully saturated rings. The van der Waals surface area contributed by atoms with Crippen molar-refractivity contribution >= 4 is 44.2 Å². The smallest absolute Gasteiger partial charge is 0.257 e. The minimum absolute atomic E-state index is 0.160. The van der Waals surface area contributed by atoms with Crippen LogP contribution in [0.3, 0.4) is 0 Å². The summed E-state index contributed by atoms with van der Waals surface area (Å²) in [7, 11) is 0. The number of benzene rings is 3. The van der Waals surface area contributed by atoms with Gasteiger partial charge in [0.1, 0.15) is 11.5 Å². The Hall–Kier alpha value is -3.71. The molecule has 0 bridgehead atoms. The fourth-order valence-electron chi connectivity index (χ4n) is 2.72. The Morgan fingerprint density at radius 2 is 1.66 bits per heavy atom. The molecule has 0 saturated heterocycles. The minimum atomic E-state index is -0.265. The summed E-state index contributed by atoms with van der Waals surface area (Å²) in [6.45, 7) is 1.43. The molecule has 0 spiro atoms.